The van der Waals surface area contributed by atoms with Crippen molar-refractivity contribution in [1.82, 2.24) is 4.90 Å². The minimum atomic E-state index is -1.05. The van der Waals surface area contributed by atoms with Gasteiger partial charge in [0.25, 0.3) is 5.91 Å². The largest absolute Gasteiger partial charge is 0.497 e. The Morgan fingerprint density at radius 3 is 2.52 bits per heavy atom. The first-order chi connectivity index (χ1) is 10.0. The summed E-state index contributed by atoms with van der Waals surface area (Å²) >= 11 is 0. The topological polar surface area (TPSA) is 66.8 Å². The van der Waals surface area contributed by atoms with Crippen LogP contribution in [0.2, 0.25) is 0 Å². The van der Waals surface area contributed by atoms with Crippen molar-refractivity contribution in [2.45, 2.75) is 38.1 Å². The van der Waals surface area contributed by atoms with Gasteiger partial charge in [-0.2, -0.15) is 0 Å². The van der Waals surface area contributed by atoms with Crippen molar-refractivity contribution in [2.24, 2.45) is 0 Å². The number of benzene rings is 1. The Labute approximate surface area is 124 Å². The quantitative estimate of drug-likeness (QED) is 0.905. The summed E-state index contributed by atoms with van der Waals surface area (Å²) in [5.41, 5.74) is -0.550. The molecule has 0 radical (unpaired) electrons. The Morgan fingerprint density at radius 2 is 2.00 bits per heavy atom. The molecule has 0 bridgehead atoms. The minimum Gasteiger partial charge on any atom is -0.497 e. The van der Waals surface area contributed by atoms with Crippen LogP contribution >= 0.6 is 0 Å². The first kappa shape index (κ1) is 15.4. The van der Waals surface area contributed by atoms with Crippen LogP contribution in [0.4, 0.5) is 0 Å². The number of nitrogens with zero attached hydrogens (tertiary/aromatic N) is 1. The van der Waals surface area contributed by atoms with Crippen molar-refractivity contribution in [3.63, 3.8) is 0 Å². The van der Waals surface area contributed by atoms with E-state index in [0.717, 1.165) is 12.8 Å². The predicted octanol–water partition coefficient (Wildman–Crippen LogP) is 2.55. The van der Waals surface area contributed by atoms with Crippen LogP contribution in [0.15, 0.2) is 24.3 Å². The van der Waals surface area contributed by atoms with E-state index in [1.807, 2.05) is 6.92 Å². The van der Waals surface area contributed by atoms with E-state index in [1.54, 1.807) is 31.4 Å². The summed E-state index contributed by atoms with van der Waals surface area (Å²) in [4.78, 5) is 25.9. The molecule has 1 saturated heterocycles. The van der Waals surface area contributed by atoms with Crippen LogP contribution in [0.1, 0.15) is 43.0 Å². The molecule has 1 N–H and O–H groups in total. The molecule has 1 amide bonds. The maximum atomic E-state index is 12.7. The molecule has 1 atom stereocenters. The summed E-state index contributed by atoms with van der Waals surface area (Å²) < 4.78 is 5.07. The Morgan fingerprint density at radius 1 is 1.33 bits per heavy atom. The number of rotatable bonds is 5. The van der Waals surface area contributed by atoms with Gasteiger partial charge in [-0.05, 0) is 43.5 Å². The number of carbonyl (C=O) groups is 2. The highest BCUT2D eigenvalue weighted by atomic mass is 16.5. The van der Waals surface area contributed by atoms with E-state index in [9.17, 15) is 14.7 Å². The van der Waals surface area contributed by atoms with Crippen LogP contribution in [0.25, 0.3) is 0 Å². The monoisotopic (exact) mass is 291 g/mol. The second kappa shape index (κ2) is 6.16. The standard InChI is InChI=1S/C16H21NO4/c1-3-9-16(15(19)20)10-4-11-17(16)14(18)12-5-7-13(21-2)8-6-12/h5-8H,3-4,9-11H2,1-2H3,(H,19,20). The Kier molecular flexibility index (Phi) is 4.50. The number of hydrogen-bond acceptors (Lipinski definition) is 3. The number of likely N-dealkylation sites (tertiary alicyclic amines) is 1. The fourth-order valence-corrected chi connectivity index (χ4v) is 3.07. The van der Waals surface area contributed by atoms with Gasteiger partial charge in [0, 0.05) is 12.1 Å². The van der Waals surface area contributed by atoms with E-state index >= 15 is 0 Å². The van der Waals surface area contributed by atoms with Crippen LogP contribution in [0.3, 0.4) is 0 Å². The molecule has 0 spiro atoms. The zero-order chi connectivity index (χ0) is 15.5. The zero-order valence-electron chi connectivity index (χ0n) is 12.5. The van der Waals surface area contributed by atoms with Crippen LogP contribution in [0, 0.1) is 0 Å². The molecule has 0 saturated carbocycles. The smallest absolute Gasteiger partial charge is 0.329 e. The fraction of sp³-hybridized carbons (Fsp3) is 0.500. The lowest BCUT2D eigenvalue weighted by Crippen LogP contribution is -2.53. The number of carbonyl (C=O) groups excluding carboxylic acids is 1. The maximum absolute atomic E-state index is 12.7. The summed E-state index contributed by atoms with van der Waals surface area (Å²) in [5.74, 6) is -0.444. The van der Waals surface area contributed by atoms with E-state index in [1.165, 1.54) is 4.90 Å². The third-order valence-electron chi connectivity index (χ3n) is 4.13. The van der Waals surface area contributed by atoms with Crippen molar-refractivity contribution in [2.75, 3.05) is 13.7 Å². The van der Waals surface area contributed by atoms with E-state index in [0.29, 0.717) is 30.7 Å². The summed E-state index contributed by atoms with van der Waals surface area (Å²) in [7, 11) is 1.56. The van der Waals surface area contributed by atoms with E-state index in [4.69, 9.17) is 4.74 Å². The van der Waals surface area contributed by atoms with Gasteiger partial charge in [-0.15, -0.1) is 0 Å². The summed E-state index contributed by atoms with van der Waals surface area (Å²) in [6.45, 7) is 2.44. The third kappa shape index (κ3) is 2.73. The van der Waals surface area contributed by atoms with Gasteiger partial charge in [0.15, 0.2) is 0 Å². The first-order valence-corrected chi connectivity index (χ1v) is 7.24. The average Bonchev–Trinajstić information content (AvgIpc) is 2.92. The normalized spacial score (nSPS) is 21.3. The molecule has 1 aromatic rings. The lowest BCUT2D eigenvalue weighted by atomic mass is 9.90. The van der Waals surface area contributed by atoms with Gasteiger partial charge in [-0.3, -0.25) is 4.79 Å². The molecule has 0 aliphatic carbocycles. The number of amides is 1. The highest BCUT2D eigenvalue weighted by Crippen LogP contribution is 2.35. The molecular weight excluding hydrogens is 270 g/mol. The van der Waals surface area contributed by atoms with Gasteiger partial charge in [0.2, 0.25) is 0 Å². The molecule has 5 heteroatoms. The van der Waals surface area contributed by atoms with E-state index < -0.39 is 11.5 Å². The molecule has 1 aromatic carbocycles. The molecule has 0 aromatic heterocycles. The predicted molar refractivity (Wildman–Crippen MR) is 78.5 cm³/mol. The maximum Gasteiger partial charge on any atom is 0.329 e. The molecule has 1 heterocycles. The summed E-state index contributed by atoms with van der Waals surface area (Å²) in [5, 5.41) is 9.63. The molecule has 21 heavy (non-hydrogen) atoms. The number of aliphatic carboxylic acids is 1. The molecule has 114 valence electrons. The highest BCUT2D eigenvalue weighted by Gasteiger charge is 2.49. The zero-order valence-corrected chi connectivity index (χ0v) is 12.5. The second-order valence-corrected chi connectivity index (χ2v) is 5.38. The van der Waals surface area contributed by atoms with Crippen LogP contribution < -0.4 is 4.74 Å². The van der Waals surface area contributed by atoms with Crippen molar-refractivity contribution >= 4 is 11.9 Å². The van der Waals surface area contributed by atoms with Gasteiger partial charge in [-0.1, -0.05) is 13.3 Å². The Balaban J connectivity index is 2.29. The van der Waals surface area contributed by atoms with Gasteiger partial charge < -0.3 is 14.7 Å². The molecule has 1 fully saturated rings. The second-order valence-electron chi connectivity index (χ2n) is 5.38. The van der Waals surface area contributed by atoms with E-state index in [2.05, 4.69) is 0 Å². The van der Waals surface area contributed by atoms with Crippen LogP contribution in [-0.4, -0.2) is 41.1 Å². The SMILES string of the molecule is CCCC1(C(=O)O)CCCN1C(=O)c1ccc(OC)cc1. The third-order valence-corrected chi connectivity index (χ3v) is 4.13. The fourth-order valence-electron chi connectivity index (χ4n) is 3.07. The summed E-state index contributed by atoms with van der Waals surface area (Å²) in [6.07, 6.45) is 2.48. The van der Waals surface area contributed by atoms with Gasteiger partial charge in [0.1, 0.15) is 11.3 Å². The minimum absolute atomic E-state index is 0.217. The van der Waals surface area contributed by atoms with Crippen LogP contribution in [0.5, 0.6) is 5.75 Å². The summed E-state index contributed by atoms with van der Waals surface area (Å²) in [6, 6.07) is 6.78. The molecule has 2 rings (SSSR count). The van der Waals surface area contributed by atoms with Crippen molar-refractivity contribution in [1.29, 1.82) is 0 Å². The van der Waals surface area contributed by atoms with Crippen molar-refractivity contribution in [3.05, 3.63) is 29.8 Å². The van der Waals surface area contributed by atoms with Gasteiger partial charge in [0.05, 0.1) is 7.11 Å². The van der Waals surface area contributed by atoms with Crippen molar-refractivity contribution < 1.29 is 19.4 Å². The number of hydrogen-bond donors (Lipinski definition) is 1. The molecular formula is C16H21NO4. The van der Waals surface area contributed by atoms with Gasteiger partial charge >= 0.3 is 5.97 Å². The van der Waals surface area contributed by atoms with E-state index in [-0.39, 0.29) is 5.91 Å². The van der Waals surface area contributed by atoms with Crippen LogP contribution in [-0.2, 0) is 4.79 Å². The Bertz CT molecular complexity index is 526. The lowest BCUT2D eigenvalue weighted by molar-refractivity contribution is -0.148. The number of carboxylic acid groups (broad SMARTS) is 1. The first-order valence-electron chi connectivity index (χ1n) is 7.24. The number of ether oxygens (including phenoxy) is 1. The number of carboxylic acids is 1. The van der Waals surface area contributed by atoms with Crippen molar-refractivity contribution in [3.8, 4) is 5.75 Å². The number of methoxy groups -OCH3 is 1. The average molecular weight is 291 g/mol. The highest BCUT2D eigenvalue weighted by molar-refractivity contribution is 5.98. The Hall–Kier alpha value is -2.04. The molecule has 1 aliphatic rings. The van der Waals surface area contributed by atoms with Gasteiger partial charge in [-0.25, -0.2) is 4.79 Å². The molecule has 1 aliphatic heterocycles. The lowest BCUT2D eigenvalue weighted by Gasteiger charge is -2.34. The molecule has 5 nitrogen and oxygen atoms in total. The molecule has 1 unspecified atom stereocenters.